The van der Waals surface area contributed by atoms with Crippen molar-refractivity contribution in [3.05, 3.63) is 41.4 Å². The van der Waals surface area contributed by atoms with Crippen molar-refractivity contribution < 1.29 is 14.4 Å². The summed E-state index contributed by atoms with van der Waals surface area (Å²) in [6.07, 6.45) is 5.57. The first-order valence-corrected chi connectivity index (χ1v) is 9.51. The lowest BCUT2D eigenvalue weighted by molar-refractivity contribution is -0.140. The maximum Gasteiger partial charge on any atom is 0.233 e. The Kier molecular flexibility index (Phi) is 3.51. The van der Waals surface area contributed by atoms with Gasteiger partial charge in [-0.1, -0.05) is 23.8 Å². The molecule has 1 N–H and O–H groups in total. The molecule has 1 aromatic rings. The standard InChI is InChI=1S/C20H19ClN2O3/c21-10-1-3-11(4-2-10)22-16(24)7-8-23-19(25)17-12-5-6-13(15-9-14(12)15)18(17)20(23)26/h1-6,12-15,17-18H,7-9H2,(H,22,24). The molecule has 2 saturated carbocycles. The van der Waals surface area contributed by atoms with Crippen LogP contribution in [0.2, 0.25) is 5.02 Å². The molecule has 5 aliphatic rings. The first-order valence-electron chi connectivity index (χ1n) is 9.13. The summed E-state index contributed by atoms with van der Waals surface area (Å²) in [5, 5.41) is 3.37. The van der Waals surface area contributed by atoms with Crippen molar-refractivity contribution in [3.63, 3.8) is 0 Å². The summed E-state index contributed by atoms with van der Waals surface area (Å²) >= 11 is 5.83. The van der Waals surface area contributed by atoms with E-state index in [9.17, 15) is 14.4 Å². The van der Waals surface area contributed by atoms with Crippen molar-refractivity contribution in [1.29, 1.82) is 0 Å². The van der Waals surface area contributed by atoms with E-state index in [1.807, 2.05) is 0 Å². The van der Waals surface area contributed by atoms with Crippen molar-refractivity contribution in [2.24, 2.45) is 35.5 Å². The van der Waals surface area contributed by atoms with Crippen LogP contribution in [0.25, 0.3) is 0 Å². The second-order valence-corrected chi connectivity index (χ2v) is 8.22. The molecule has 1 heterocycles. The Morgan fingerprint density at radius 1 is 1.04 bits per heavy atom. The van der Waals surface area contributed by atoms with Gasteiger partial charge < -0.3 is 5.32 Å². The first kappa shape index (κ1) is 16.1. The highest BCUT2D eigenvalue weighted by Gasteiger charge is 2.66. The van der Waals surface area contributed by atoms with Crippen LogP contribution in [0.3, 0.4) is 0 Å². The minimum atomic E-state index is -0.216. The number of nitrogens with zero attached hydrogens (tertiary/aromatic N) is 1. The zero-order chi connectivity index (χ0) is 18.0. The number of carbonyl (C=O) groups is 3. The molecule has 6 rings (SSSR count). The SMILES string of the molecule is O=C(CCN1C(=O)C2C3C=CC(C4CC34)C2C1=O)Nc1ccc(Cl)cc1. The van der Waals surface area contributed by atoms with E-state index in [4.69, 9.17) is 11.6 Å². The van der Waals surface area contributed by atoms with Gasteiger partial charge in [0.1, 0.15) is 0 Å². The van der Waals surface area contributed by atoms with Crippen LogP contribution in [-0.2, 0) is 14.4 Å². The van der Waals surface area contributed by atoms with Gasteiger partial charge in [-0.2, -0.15) is 0 Å². The molecule has 5 nitrogen and oxygen atoms in total. The van der Waals surface area contributed by atoms with Crippen LogP contribution in [0.15, 0.2) is 36.4 Å². The number of amides is 3. The Bertz CT molecular complexity index is 798. The Hall–Kier alpha value is -2.14. The minimum absolute atomic E-state index is 0.0796. The van der Waals surface area contributed by atoms with Crippen molar-refractivity contribution in [2.45, 2.75) is 12.8 Å². The Balaban J connectivity index is 1.24. The lowest BCUT2D eigenvalue weighted by Gasteiger charge is -2.37. The molecule has 0 radical (unpaired) electrons. The second kappa shape index (κ2) is 5.68. The van der Waals surface area contributed by atoms with Crippen LogP contribution in [0, 0.1) is 35.5 Å². The predicted octanol–water partition coefficient (Wildman–Crippen LogP) is 2.72. The summed E-state index contributed by atoms with van der Waals surface area (Å²) in [6.45, 7) is 0.152. The molecule has 0 aromatic heterocycles. The molecule has 0 spiro atoms. The maximum atomic E-state index is 12.8. The molecule has 6 unspecified atom stereocenters. The summed E-state index contributed by atoms with van der Waals surface area (Å²) in [4.78, 5) is 39.2. The van der Waals surface area contributed by atoms with Crippen LogP contribution in [0.1, 0.15) is 12.8 Å². The molecule has 3 fully saturated rings. The third kappa shape index (κ3) is 2.33. The van der Waals surface area contributed by atoms with Crippen LogP contribution in [0.5, 0.6) is 0 Å². The number of hydrogen-bond acceptors (Lipinski definition) is 3. The van der Waals surface area contributed by atoms with Crippen molar-refractivity contribution in [2.75, 3.05) is 11.9 Å². The fraction of sp³-hybridized carbons (Fsp3) is 0.450. The summed E-state index contributed by atoms with van der Waals surface area (Å²) < 4.78 is 0. The maximum absolute atomic E-state index is 12.8. The molecule has 6 heteroatoms. The van der Waals surface area contributed by atoms with E-state index in [-0.39, 0.29) is 54.4 Å². The molecule has 26 heavy (non-hydrogen) atoms. The van der Waals surface area contributed by atoms with Gasteiger partial charge in [-0.3, -0.25) is 19.3 Å². The van der Waals surface area contributed by atoms with E-state index >= 15 is 0 Å². The molecule has 1 saturated heterocycles. The van der Waals surface area contributed by atoms with Gasteiger partial charge in [0.2, 0.25) is 17.7 Å². The number of nitrogens with one attached hydrogen (secondary N) is 1. The lowest BCUT2D eigenvalue weighted by Crippen LogP contribution is -2.40. The fourth-order valence-electron chi connectivity index (χ4n) is 5.21. The van der Waals surface area contributed by atoms with Gasteiger partial charge in [-0.05, 0) is 54.4 Å². The number of rotatable bonds is 4. The number of imide groups is 1. The number of carbonyl (C=O) groups excluding carboxylic acids is 3. The monoisotopic (exact) mass is 370 g/mol. The van der Waals surface area contributed by atoms with Gasteiger partial charge in [-0.25, -0.2) is 0 Å². The van der Waals surface area contributed by atoms with E-state index in [2.05, 4.69) is 17.5 Å². The number of allylic oxidation sites excluding steroid dienone is 2. The number of halogens is 1. The highest BCUT2D eigenvalue weighted by atomic mass is 35.5. The average molecular weight is 371 g/mol. The summed E-state index contributed by atoms with van der Waals surface area (Å²) in [6, 6.07) is 6.83. The molecule has 134 valence electrons. The normalized spacial score (nSPS) is 36.1. The van der Waals surface area contributed by atoms with Gasteiger partial charge in [0, 0.05) is 23.7 Å². The summed E-state index contributed by atoms with van der Waals surface area (Å²) in [5.74, 6) is 0.867. The molecular weight excluding hydrogens is 352 g/mol. The zero-order valence-corrected chi connectivity index (χ0v) is 14.9. The Labute approximate surface area is 156 Å². The molecular formula is C20H19ClN2O3. The van der Waals surface area contributed by atoms with Crippen molar-refractivity contribution in [1.82, 2.24) is 4.90 Å². The largest absolute Gasteiger partial charge is 0.326 e. The molecule has 4 aliphatic carbocycles. The Morgan fingerprint density at radius 2 is 1.62 bits per heavy atom. The molecule has 6 atom stereocenters. The first-order chi connectivity index (χ1) is 12.5. The molecule has 1 aromatic carbocycles. The van der Waals surface area contributed by atoms with Crippen molar-refractivity contribution in [3.8, 4) is 0 Å². The molecule has 2 bridgehead atoms. The van der Waals surface area contributed by atoms with Gasteiger partial charge in [0.05, 0.1) is 11.8 Å². The molecule has 1 aliphatic heterocycles. The van der Waals surface area contributed by atoms with Gasteiger partial charge >= 0.3 is 0 Å². The minimum Gasteiger partial charge on any atom is -0.326 e. The third-order valence-corrected chi connectivity index (χ3v) is 6.70. The second-order valence-electron chi connectivity index (χ2n) is 7.79. The number of anilines is 1. The van der Waals surface area contributed by atoms with Crippen LogP contribution < -0.4 is 5.32 Å². The van der Waals surface area contributed by atoms with E-state index in [0.717, 1.165) is 6.42 Å². The topological polar surface area (TPSA) is 66.5 Å². The van der Waals surface area contributed by atoms with Crippen LogP contribution in [0.4, 0.5) is 5.69 Å². The lowest BCUT2D eigenvalue weighted by atomic mass is 9.63. The molecule has 3 amide bonds. The van der Waals surface area contributed by atoms with Gasteiger partial charge in [0.15, 0.2) is 0 Å². The van der Waals surface area contributed by atoms with Gasteiger partial charge in [0.25, 0.3) is 0 Å². The third-order valence-electron chi connectivity index (χ3n) is 6.44. The average Bonchev–Trinajstić information content (AvgIpc) is 3.41. The van der Waals surface area contributed by atoms with Gasteiger partial charge in [-0.15, -0.1) is 0 Å². The zero-order valence-electron chi connectivity index (χ0n) is 14.1. The smallest absolute Gasteiger partial charge is 0.233 e. The van der Waals surface area contributed by atoms with E-state index in [0.29, 0.717) is 22.5 Å². The number of hydrogen-bond donors (Lipinski definition) is 1. The highest BCUT2D eigenvalue weighted by molar-refractivity contribution is 6.30. The predicted molar refractivity (Wildman–Crippen MR) is 96.1 cm³/mol. The number of benzene rings is 1. The van der Waals surface area contributed by atoms with Crippen LogP contribution in [-0.4, -0.2) is 29.2 Å². The fourth-order valence-corrected chi connectivity index (χ4v) is 5.34. The summed E-state index contributed by atoms with van der Waals surface area (Å²) in [7, 11) is 0. The Morgan fingerprint density at radius 3 is 2.19 bits per heavy atom. The van der Waals surface area contributed by atoms with E-state index < -0.39 is 0 Å². The summed E-state index contributed by atoms with van der Waals surface area (Å²) in [5.41, 5.74) is 0.648. The quantitative estimate of drug-likeness (QED) is 0.654. The number of likely N-dealkylation sites (tertiary alicyclic amines) is 1. The van der Waals surface area contributed by atoms with E-state index in [1.54, 1.807) is 24.3 Å². The highest BCUT2D eigenvalue weighted by Crippen LogP contribution is 2.65. The van der Waals surface area contributed by atoms with Crippen LogP contribution >= 0.6 is 11.6 Å². The van der Waals surface area contributed by atoms with Crippen molar-refractivity contribution >= 4 is 35.0 Å². The van der Waals surface area contributed by atoms with E-state index in [1.165, 1.54) is 4.90 Å².